The highest BCUT2D eigenvalue weighted by Gasteiger charge is 2.00. The van der Waals surface area contributed by atoms with Gasteiger partial charge in [0.1, 0.15) is 5.76 Å². The van der Waals surface area contributed by atoms with E-state index in [1.54, 1.807) is 17.6 Å². The van der Waals surface area contributed by atoms with Crippen LogP contribution in [0.3, 0.4) is 0 Å². The Morgan fingerprint density at radius 1 is 1.35 bits per heavy atom. The molecule has 0 radical (unpaired) electrons. The van der Waals surface area contributed by atoms with Crippen LogP contribution in [0.1, 0.15) is 29.8 Å². The van der Waals surface area contributed by atoms with Crippen molar-refractivity contribution in [2.45, 2.75) is 33.1 Å². The van der Waals surface area contributed by atoms with Crippen LogP contribution in [-0.2, 0) is 12.8 Å². The van der Waals surface area contributed by atoms with Gasteiger partial charge in [0.2, 0.25) is 0 Å². The first kappa shape index (κ1) is 20.0. The van der Waals surface area contributed by atoms with E-state index < -0.39 is 0 Å². The summed E-state index contributed by atoms with van der Waals surface area (Å²) in [5.74, 6) is 1.85. The number of halogens is 1. The largest absolute Gasteiger partial charge is 0.469 e. The Morgan fingerprint density at radius 2 is 2.22 bits per heavy atom. The maximum atomic E-state index is 5.32. The molecule has 0 aliphatic heterocycles. The van der Waals surface area contributed by atoms with E-state index in [1.165, 1.54) is 5.01 Å². The van der Waals surface area contributed by atoms with Gasteiger partial charge in [-0.15, -0.1) is 35.3 Å². The molecule has 0 saturated heterocycles. The van der Waals surface area contributed by atoms with Crippen LogP contribution in [0.25, 0.3) is 0 Å². The smallest absolute Gasteiger partial charge is 0.191 e. The molecule has 0 aromatic carbocycles. The van der Waals surface area contributed by atoms with Gasteiger partial charge in [0.05, 0.1) is 11.3 Å². The van der Waals surface area contributed by atoms with E-state index >= 15 is 0 Å². The van der Waals surface area contributed by atoms with Gasteiger partial charge in [0.15, 0.2) is 5.96 Å². The molecule has 0 unspecified atom stereocenters. The third-order valence-corrected chi connectivity index (χ3v) is 4.10. The number of rotatable bonds is 8. The quantitative estimate of drug-likeness (QED) is 0.281. The van der Waals surface area contributed by atoms with Gasteiger partial charge in [-0.2, -0.15) is 0 Å². The summed E-state index contributed by atoms with van der Waals surface area (Å²) in [7, 11) is 0. The van der Waals surface area contributed by atoms with E-state index in [0.717, 1.165) is 56.3 Å². The van der Waals surface area contributed by atoms with Crippen LogP contribution in [0.5, 0.6) is 0 Å². The Labute approximate surface area is 159 Å². The summed E-state index contributed by atoms with van der Waals surface area (Å²) in [4.78, 5) is 9.06. The zero-order chi connectivity index (χ0) is 15.6. The summed E-state index contributed by atoms with van der Waals surface area (Å²) in [5.41, 5.74) is 1.11. The third kappa shape index (κ3) is 7.83. The summed E-state index contributed by atoms with van der Waals surface area (Å²) in [5, 5.41) is 9.88. The van der Waals surface area contributed by atoms with E-state index in [-0.39, 0.29) is 24.0 Å². The average Bonchev–Trinajstić information content (AvgIpc) is 3.15. The number of aromatic nitrogens is 1. The van der Waals surface area contributed by atoms with Crippen LogP contribution in [0.2, 0.25) is 0 Å². The third-order valence-electron chi connectivity index (χ3n) is 3.07. The van der Waals surface area contributed by atoms with Crippen molar-refractivity contribution >= 4 is 41.3 Å². The molecule has 2 aromatic rings. The minimum absolute atomic E-state index is 0. The highest BCUT2D eigenvalue weighted by molar-refractivity contribution is 14.0. The van der Waals surface area contributed by atoms with Crippen LogP contribution in [0.15, 0.2) is 33.2 Å². The number of nitrogens with one attached hydrogen (secondary N) is 2. The predicted molar refractivity (Wildman–Crippen MR) is 107 cm³/mol. The van der Waals surface area contributed by atoms with Gasteiger partial charge in [0, 0.05) is 43.5 Å². The fraction of sp³-hybridized carbons (Fsp3) is 0.500. The minimum atomic E-state index is 0. The lowest BCUT2D eigenvalue weighted by Crippen LogP contribution is -2.38. The molecule has 2 heterocycles. The van der Waals surface area contributed by atoms with E-state index in [0.29, 0.717) is 0 Å². The highest BCUT2D eigenvalue weighted by Crippen LogP contribution is 2.10. The van der Waals surface area contributed by atoms with Crippen LogP contribution >= 0.6 is 35.3 Å². The summed E-state index contributed by atoms with van der Waals surface area (Å²) >= 11 is 1.73. The summed E-state index contributed by atoms with van der Waals surface area (Å²) < 4.78 is 5.32. The van der Waals surface area contributed by atoms with Gasteiger partial charge in [-0.05, 0) is 32.4 Å². The Hall–Kier alpha value is -1.09. The Bertz CT molecular complexity index is 568. The standard InChI is InChI=1S/C16H24N4OS.HI/c1-3-17-16(19-10-8-14-6-5-11-21-14)18-9-4-7-15-20-13(2)12-22-15;/h5-6,11-12H,3-4,7-10H2,1-2H3,(H2,17,18,19);1H. The Balaban J connectivity index is 0.00000264. The molecule has 2 rings (SSSR count). The van der Waals surface area contributed by atoms with Crippen molar-refractivity contribution in [3.63, 3.8) is 0 Å². The van der Waals surface area contributed by atoms with Crippen molar-refractivity contribution in [1.29, 1.82) is 0 Å². The monoisotopic (exact) mass is 448 g/mol. The van der Waals surface area contributed by atoms with Gasteiger partial charge in [-0.3, -0.25) is 4.99 Å². The summed E-state index contributed by atoms with van der Waals surface area (Å²) in [6, 6.07) is 3.90. The molecule has 128 valence electrons. The lowest BCUT2D eigenvalue weighted by atomic mass is 10.3. The molecule has 5 nitrogen and oxygen atoms in total. The van der Waals surface area contributed by atoms with Crippen molar-refractivity contribution in [2.24, 2.45) is 4.99 Å². The number of furan rings is 1. The predicted octanol–water partition coefficient (Wildman–Crippen LogP) is 3.39. The molecular weight excluding hydrogens is 423 g/mol. The van der Waals surface area contributed by atoms with E-state index in [9.17, 15) is 0 Å². The number of thiazole rings is 1. The number of aryl methyl sites for hydroxylation is 2. The van der Waals surface area contributed by atoms with Gasteiger partial charge in [0.25, 0.3) is 0 Å². The second-order valence-electron chi connectivity index (χ2n) is 5.00. The van der Waals surface area contributed by atoms with Gasteiger partial charge in [-0.25, -0.2) is 4.98 Å². The molecule has 0 amide bonds. The molecule has 2 aromatic heterocycles. The van der Waals surface area contributed by atoms with Crippen LogP contribution in [0.4, 0.5) is 0 Å². The number of hydrogen-bond acceptors (Lipinski definition) is 4. The highest BCUT2D eigenvalue weighted by atomic mass is 127. The van der Waals surface area contributed by atoms with Crippen LogP contribution in [0, 0.1) is 6.92 Å². The van der Waals surface area contributed by atoms with Crippen molar-refractivity contribution < 1.29 is 4.42 Å². The Kier molecular flexibility index (Phi) is 9.93. The normalized spacial score (nSPS) is 11.1. The van der Waals surface area contributed by atoms with Crippen molar-refractivity contribution in [2.75, 3.05) is 19.6 Å². The molecule has 0 atom stereocenters. The molecule has 0 bridgehead atoms. The summed E-state index contributed by atoms with van der Waals surface area (Å²) in [6.07, 6.45) is 4.57. The first-order valence-corrected chi connectivity index (χ1v) is 8.61. The van der Waals surface area contributed by atoms with Crippen molar-refractivity contribution in [3.8, 4) is 0 Å². The topological polar surface area (TPSA) is 62.5 Å². The average molecular weight is 448 g/mol. The molecule has 0 aliphatic rings. The first-order valence-electron chi connectivity index (χ1n) is 7.73. The van der Waals surface area contributed by atoms with Crippen molar-refractivity contribution in [3.05, 3.63) is 40.2 Å². The SMILES string of the molecule is CCNC(=NCCCc1nc(C)cs1)NCCc1ccco1.I. The number of guanidine groups is 1. The lowest BCUT2D eigenvalue weighted by Gasteiger charge is -2.10. The lowest BCUT2D eigenvalue weighted by molar-refractivity contribution is 0.507. The van der Waals surface area contributed by atoms with Gasteiger partial charge >= 0.3 is 0 Å². The fourth-order valence-corrected chi connectivity index (χ4v) is 2.86. The van der Waals surface area contributed by atoms with Gasteiger partial charge < -0.3 is 15.1 Å². The maximum Gasteiger partial charge on any atom is 0.191 e. The fourth-order valence-electron chi connectivity index (χ4n) is 2.04. The molecule has 23 heavy (non-hydrogen) atoms. The first-order chi connectivity index (χ1) is 10.8. The number of nitrogens with zero attached hydrogens (tertiary/aromatic N) is 2. The molecule has 2 N–H and O–H groups in total. The Morgan fingerprint density at radius 3 is 2.87 bits per heavy atom. The van der Waals surface area contributed by atoms with Crippen LogP contribution < -0.4 is 10.6 Å². The molecule has 0 fully saturated rings. The molecule has 0 saturated carbocycles. The zero-order valence-electron chi connectivity index (χ0n) is 13.7. The van der Waals surface area contributed by atoms with Crippen LogP contribution in [-0.4, -0.2) is 30.6 Å². The molecule has 0 aliphatic carbocycles. The molecule has 0 spiro atoms. The van der Waals surface area contributed by atoms with E-state index in [1.807, 2.05) is 19.1 Å². The second kappa shape index (κ2) is 11.4. The molecule has 7 heteroatoms. The minimum Gasteiger partial charge on any atom is -0.469 e. The van der Waals surface area contributed by atoms with Gasteiger partial charge in [-0.1, -0.05) is 0 Å². The zero-order valence-corrected chi connectivity index (χ0v) is 16.8. The van der Waals surface area contributed by atoms with Crippen molar-refractivity contribution in [1.82, 2.24) is 15.6 Å². The van der Waals surface area contributed by atoms with E-state index in [4.69, 9.17) is 4.42 Å². The second-order valence-corrected chi connectivity index (χ2v) is 5.95. The van der Waals surface area contributed by atoms with E-state index in [2.05, 4.69) is 32.9 Å². The summed E-state index contributed by atoms with van der Waals surface area (Å²) in [6.45, 7) is 6.57. The maximum absolute atomic E-state index is 5.32. The number of aliphatic imine (C=N–C) groups is 1. The molecular formula is C16H25IN4OS. The number of hydrogen-bond donors (Lipinski definition) is 2.